The highest BCUT2D eigenvalue weighted by Crippen LogP contribution is 2.27. The lowest BCUT2D eigenvalue weighted by Crippen LogP contribution is -2.27. The number of thiophene rings is 1. The van der Waals surface area contributed by atoms with Crippen molar-refractivity contribution in [3.05, 3.63) is 35.0 Å². The van der Waals surface area contributed by atoms with Gasteiger partial charge in [-0.2, -0.15) is 0 Å². The third-order valence-corrected chi connectivity index (χ3v) is 4.57. The highest BCUT2D eigenvalue weighted by molar-refractivity contribution is 7.17. The van der Waals surface area contributed by atoms with E-state index in [1.54, 1.807) is 0 Å². The van der Waals surface area contributed by atoms with E-state index in [1.807, 2.05) is 17.5 Å². The number of aliphatic hydroxyl groups is 1. The Balaban J connectivity index is 1.88. The Morgan fingerprint density at radius 3 is 2.81 bits per heavy atom. The summed E-state index contributed by atoms with van der Waals surface area (Å²) in [7, 11) is 0. The van der Waals surface area contributed by atoms with Gasteiger partial charge in [0.1, 0.15) is 11.9 Å². The zero-order valence-electron chi connectivity index (χ0n) is 12.5. The molecule has 21 heavy (non-hydrogen) atoms. The number of halogens is 1. The van der Waals surface area contributed by atoms with E-state index in [9.17, 15) is 9.50 Å². The van der Waals surface area contributed by atoms with Gasteiger partial charge in [0, 0.05) is 6.54 Å². The first-order chi connectivity index (χ1) is 10.2. The molecule has 1 heterocycles. The third kappa shape index (κ3) is 4.23. The van der Waals surface area contributed by atoms with E-state index in [1.165, 1.54) is 17.4 Å². The number of hydrogen-bond acceptors (Lipinski definition) is 4. The van der Waals surface area contributed by atoms with Gasteiger partial charge in [-0.1, -0.05) is 13.8 Å². The number of likely N-dealkylation sites (N-methyl/N-ethyl adjacent to an activating group) is 1. The van der Waals surface area contributed by atoms with Crippen LogP contribution in [0.3, 0.4) is 0 Å². The molecule has 0 amide bonds. The average Bonchev–Trinajstić information content (AvgIpc) is 2.96. The van der Waals surface area contributed by atoms with E-state index in [0.717, 1.165) is 25.0 Å². The van der Waals surface area contributed by atoms with Crippen LogP contribution in [-0.2, 0) is 4.74 Å². The minimum atomic E-state index is -0.791. The van der Waals surface area contributed by atoms with Gasteiger partial charge in [0.15, 0.2) is 0 Å². The van der Waals surface area contributed by atoms with Gasteiger partial charge in [-0.3, -0.25) is 0 Å². The first-order valence-corrected chi connectivity index (χ1v) is 8.18. The van der Waals surface area contributed by atoms with Gasteiger partial charge in [0.2, 0.25) is 0 Å². The molecule has 1 aromatic carbocycles. The van der Waals surface area contributed by atoms with Gasteiger partial charge < -0.3 is 14.7 Å². The standard InChI is InChI=1S/C16H22FNO2S/c1-3-18(4-2)6-7-20-11-15(19)13-9-12-5-8-21-16(12)14(17)10-13/h5,8-10,15,19H,3-4,6-7,11H2,1-2H3. The van der Waals surface area contributed by atoms with Crippen LogP contribution in [0.5, 0.6) is 0 Å². The van der Waals surface area contributed by atoms with E-state index in [2.05, 4.69) is 18.7 Å². The first-order valence-electron chi connectivity index (χ1n) is 7.30. The summed E-state index contributed by atoms with van der Waals surface area (Å²) in [6, 6.07) is 5.09. The Kier molecular flexibility index (Phi) is 6.11. The average molecular weight is 311 g/mol. The van der Waals surface area contributed by atoms with Crippen LogP contribution < -0.4 is 0 Å². The van der Waals surface area contributed by atoms with Crippen molar-refractivity contribution in [3.8, 4) is 0 Å². The molecule has 0 saturated heterocycles. The minimum absolute atomic E-state index is 0.191. The molecule has 0 aliphatic carbocycles. The summed E-state index contributed by atoms with van der Waals surface area (Å²) in [5, 5.41) is 12.8. The Morgan fingerprint density at radius 2 is 2.10 bits per heavy atom. The molecule has 1 aromatic heterocycles. The normalized spacial score (nSPS) is 13.2. The first kappa shape index (κ1) is 16.4. The fourth-order valence-corrected chi connectivity index (χ4v) is 3.06. The van der Waals surface area contributed by atoms with Crippen LogP contribution in [0.15, 0.2) is 23.6 Å². The zero-order chi connectivity index (χ0) is 15.2. The van der Waals surface area contributed by atoms with E-state index >= 15 is 0 Å². The second-order valence-corrected chi connectivity index (χ2v) is 5.88. The summed E-state index contributed by atoms with van der Waals surface area (Å²) >= 11 is 1.37. The van der Waals surface area contributed by atoms with Gasteiger partial charge in [0.05, 0.1) is 17.9 Å². The van der Waals surface area contributed by atoms with Gasteiger partial charge >= 0.3 is 0 Å². The van der Waals surface area contributed by atoms with Crippen molar-refractivity contribution in [2.24, 2.45) is 0 Å². The summed E-state index contributed by atoms with van der Waals surface area (Å²) in [4.78, 5) is 2.25. The van der Waals surface area contributed by atoms with E-state index in [-0.39, 0.29) is 12.4 Å². The van der Waals surface area contributed by atoms with Crippen LogP contribution in [0.25, 0.3) is 10.1 Å². The predicted molar refractivity (Wildman–Crippen MR) is 85.3 cm³/mol. The van der Waals surface area contributed by atoms with Crippen LogP contribution in [0, 0.1) is 5.82 Å². The Labute approximate surface area is 129 Å². The van der Waals surface area contributed by atoms with E-state index in [0.29, 0.717) is 16.9 Å². The van der Waals surface area contributed by atoms with Crippen LogP contribution in [0.2, 0.25) is 0 Å². The molecule has 0 radical (unpaired) electrons. The lowest BCUT2D eigenvalue weighted by Gasteiger charge is -2.18. The molecular formula is C16H22FNO2S. The number of fused-ring (bicyclic) bond motifs is 1. The zero-order valence-corrected chi connectivity index (χ0v) is 13.3. The molecule has 0 saturated carbocycles. The quantitative estimate of drug-likeness (QED) is 0.758. The van der Waals surface area contributed by atoms with Crippen LogP contribution in [-0.4, -0.2) is 42.9 Å². The van der Waals surface area contributed by atoms with Crippen molar-refractivity contribution in [2.75, 3.05) is 32.8 Å². The van der Waals surface area contributed by atoms with Crippen molar-refractivity contribution in [2.45, 2.75) is 20.0 Å². The number of nitrogens with zero attached hydrogens (tertiary/aromatic N) is 1. The van der Waals surface area contributed by atoms with Crippen molar-refractivity contribution < 1.29 is 14.2 Å². The van der Waals surface area contributed by atoms with Crippen LogP contribution >= 0.6 is 11.3 Å². The molecule has 0 bridgehead atoms. The number of aliphatic hydroxyl groups excluding tert-OH is 1. The Hall–Kier alpha value is -1.01. The van der Waals surface area contributed by atoms with Crippen LogP contribution in [0.1, 0.15) is 25.5 Å². The third-order valence-electron chi connectivity index (χ3n) is 3.63. The molecule has 2 aromatic rings. The van der Waals surface area contributed by atoms with Crippen LogP contribution in [0.4, 0.5) is 4.39 Å². The molecule has 0 aliphatic heterocycles. The molecule has 116 valence electrons. The number of hydrogen-bond donors (Lipinski definition) is 1. The largest absolute Gasteiger partial charge is 0.386 e. The second-order valence-electron chi connectivity index (χ2n) is 4.96. The monoisotopic (exact) mass is 311 g/mol. The minimum Gasteiger partial charge on any atom is -0.386 e. The van der Waals surface area contributed by atoms with Crippen molar-refractivity contribution in [3.63, 3.8) is 0 Å². The van der Waals surface area contributed by atoms with Crippen molar-refractivity contribution in [1.29, 1.82) is 0 Å². The maximum absolute atomic E-state index is 13.9. The Morgan fingerprint density at radius 1 is 1.33 bits per heavy atom. The van der Waals surface area contributed by atoms with Gasteiger partial charge in [0.25, 0.3) is 0 Å². The lowest BCUT2D eigenvalue weighted by atomic mass is 10.1. The molecule has 0 aliphatic rings. The lowest BCUT2D eigenvalue weighted by molar-refractivity contribution is 0.0273. The topological polar surface area (TPSA) is 32.7 Å². The second kappa shape index (κ2) is 7.84. The molecule has 0 spiro atoms. The molecular weight excluding hydrogens is 289 g/mol. The fourth-order valence-electron chi connectivity index (χ4n) is 2.28. The maximum Gasteiger partial charge on any atom is 0.141 e. The summed E-state index contributed by atoms with van der Waals surface area (Å²) in [5.74, 6) is -0.278. The summed E-state index contributed by atoms with van der Waals surface area (Å²) < 4.78 is 20.0. The van der Waals surface area contributed by atoms with Gasteiger partial charge in [-0.15, -0.1) is 11.3 Å². The number of ether oxygens (including phenoxy) is 1. The molecule has 2 rings (SSSR count). The van der Waals surface area contributed by atoms with Gasteiger partial charge in [-0.05, 0) is 47.6 Å². The van der Waals surface area contributed by atoms with Crippen molar-refractivity contribution >= 4 is 21.4 Å². The molecule has 1 atom stereocenters. The maximum atomic E-state index is 13.9. The summed E-state index contributed by atoms with van der Waals surface area (Å²) in [6.07, 6.45) is -0.791. The summed E-state index contributed by atoms with van der Waals surface area (Å²) in [5.41, 5.74) is 0.571. The van der Waals surface area contributed by atoms with E-state index < -0.39 is 6.10 Å². The summed E-state index contributed by atoms with van der Waals surface area (Å²) in [6.45, 7) is 7.80. The molecule has 0 fully saturated rings. The molecule has 1 unspecified atom stereocenters. The van der Waals surface area contributed by atoms with Crippen molar-refractivity contribution in [1.82, 2.24) is 4.90 Å². The molecule has 3 nitrogen and oxygen atoms in total. The van der Waals surface area contributed by atoms with Gasteiger partial charge in [-0.25, -0.2) is 4.39 Å². The predicted octanol–water partition coefficient (Wildman–Crippen LogP) is 3.43. The fraction of sp³-hybridized carbons (Fsp3) is 0.500. The van der Waals surface area contributed by atoms with E-state index in [4.69, 9.17) is 4.74 Å². The molecule has 5 heteroatoms. The number of benzene rings is 1. The number of rotatable bonds is 8. The molecule has 1 N–H and O–H groups in total. The highest BCUT2D eigenvalue weighted by Gasteiger charge is 2.12. The smallest absolute Gasteiger partial charge is 0.141 e. The highest BCUT2D eigenvalue weighted by atomic mass is 32.1. The SMILES string of the molecule is CCN(CC)CCOCC(O)c1cc(F)c2sccc2c1. The Bertz CT molecular complexity index is 568.